The summed E-state index contributed by atoms with van der Waals surface area (Å²) in [5, 5.41) is 4.66. The highest BCUT2D eigenvalue weighted by molar-refractivity contribution is 6.02. The van der Waals surface area contributed by atoms with Crippen LogP contribution >= 0.6 is 0 Å². The van der Waals surface area contributed by atoms with E-state index in [9.17, 15) is 14.4 Å². The molecule has 0 radical (unpaired) electrons. The van der Waals surface area contributed by atoms with Crippen LogP contribution in [0.5, 0.6) is 0 Å². The number of nitrogens with one attached hydrogen (secondary N) is 2. The first-order valence-corrected chi connectivity index (χ1v) is 6.77. The van der Waals surface area contributed by atoms with E-state index in [0.29, 0.717) is 5.69 Å². The van der Waals surface area contributed by atoms with E-state index in [1.54, 1.807) is 19.9 Å². The fraction of sp³-hybridized carbons (Fsp3) is 0.312. The minimum atomic E-state index is -0.697. The second-order valence-corrected chi connectivity index (χ2v) is 5.15. The standard InChI is InChI=1S/C16H20N2O4/c1-10(2)7-15(20)22-9-14(19)18-16(21)17-13-6-5-11(3)8-12(13)4/h5-8H,9H2,1-4H3,(H2,17,18,19,21). The van der Waals surface area contributed by atoms with E-state index in [1.165, 1.54) is 6.08 Å². The molecule has 0 aliphatic heterocycles. The van der Waals surface area contributed by atoms with Crippen LogP contribution in [0.4, 0.5) is 10.5 Å². The Morgan fingerprint density at radius 1 is 1.18 bits per heavy atom. The molecule has 0 heterocycles. The van der Waals surface area contributed by atoms with Gasteiger partial charge in [0.15, 0.2) is 6.61 Å². The van der Waals surface area contributed by atoms with Gasteiger partial charge in [-0.25, -0.2) is 9.59 Å². The van der Waals surface area contributed by atoms with E-state index in [1.807, 2.05) is 26.0 Å². The summed E-state index contributed by atoms with van der Waals surface area (Å²) in [5.41, 5.74) is 3.33. The third-order valence-electron chi connectivity index (χ3n) is 2.64. The van der Waals surface area contributed by atoms with E-state index < -0.39 is 24.5 Å². The molecule has 1 aromatic carbocycles. The molecule has 0 fully saturated rings. The van der Waals surface area contributed by atoms with Crippen molar-refractivity contribution in [3.8, 4) is 0 Å². The average Bonchev–Trinajstić information content (AvgIpc) is 2.39. The molecule has 1 rings (SSSR count). The number of ether oxygens (including phenoxy) is 1. The summed E-state index contributed by atoms with van der Waals surface area (Å²) in [7, 11) is 0. The van der Waals surface area contributed by atoms with E-state index in [2.05, 4.69) is 10.6 Å². The molecule has 22 heavy (non-hydrogen) atoms. The summed E-state index contributed by atoms with van der Waals surface area (Å²) < 4.78 is 4.70. The van der Waals surface area contributed by atoms with Crippen molar-refractivity contribution in [3.05, 3.63) is 41.0 Å². The van der Waals surface area contributed by atoms with Gasteiger partial charge < -0.3 is 10.1 Å². The van der Waals surface area contributed by atoms with Gasteiger partial charge in [-0.1, -0.05) is 23.3 Å². The molecule has 0 aliphatic carbocycles. The van der Waals surface area contributed by atoms with Crippen LogP contribution in [0.3, 0.4) is 0 Å². The summed E-state index contributed by atoms with van der Waals surface area (Å²) in [6.45, 7) is 6.76. The van der Waals surface area contributed by atoms with E-state index >= 15 is 0 Å². The van der Waals surface area contributed by atoms with Crippen molar-refractivity contribution in [2.24, 2.45) is 0 Å². The number of hydrogen-bond acceptors (Lipinski definition) is 4. The van der Waals surface area contributed by atoms with Crippen LogP contribution in [0.1, 0.15) is 25.0 Å². The van der Waals surface area contributed by atoms with Gasteiger partial charge in [0.1, 0.15) is 0 Å². The summed E-state index contributed by atoms with van der Waals surface area (Å²) in [5.74, 6) is -1.32. The fourth-order valence-corrected chi connectivity index (χ4v) is 1.68. The second-order valence-electron chi connectivity index (χ2n) is 5.15. The van der Waals surface area contributed by atoms with Gasteiger partial charge in [-0.15, -0.1) is 0 Å². The van der Waals surface area contributed by atoms with Gasteiger partial charge >= 0.3 is 12.0 Å². The molecule has 3 amide bonds. The molecule has 0 atom stereocenters. The van der Waals surface area contributed by atoms with Crippen LogP contribution in [-0.4, -0.2) is 24.5 Å². The molecule has 0 bridgehead atoms. The Hall–Kier alpha value is -2.63. The second kappa shape index (κ2) is 7.97. The topological polar surface area (TPSA) is 84.5 Å². The van der Waals surface area contributed by atoms with Gasteiger partial charge in [0.25, 0.3) is 5.91 Å². The molecule has 6 nitrogen and oxygen atoms in total. The van der Waals surface area contributed by atoms with Gasteiger partial charge in [-0.05, 0) is 39.3 Å². The van der Waals surface area contributed by atoms with Crippen LogP contribution in [-0.2, 0) is 14.3 Å². The van der Waals surface area contributed by atoms with Crippen molar-refractivity contribution < 1.29 is 19.1 Å². The largest absolute Gasteiger partial charge is 0.452 e. The number of aryl methyl sites for hydroxylation is 2. The molecular weight excluding hydrogens is 284 g/mol. The summed E-state index contributed by atoms with van der Waals surface area (Å²) in [6, 6.07) is 4.85. The third kappa shape index (κ3) is 6.21. The maximum absolute atomic E-state index is 11.7. The first kappa shape index (κ1) is 17.4. The van der Waals surface area contributed by atoms with Gasteiger partial charge in [-0.3, -0.25) is 10.1 Å². The highest BCUT2D eigenvalue weighted by atomic mass is 16.5. The van der Waals surface area contributed by atoms with Crippen LogP contribution in [0.25, 0.3) is 0 Å². The third-order valence-corrected chi connectivity index (χ3v) is 2.64. The number of urea groups is 1. The molecule has 0 unspecified atom stereocenters. The minimum absolute atomic E-state index is 0.511. The van der Waals surface area contributed by atoms with Crippen LogP contribution in [0.15, 0.2) is 29.8 Å². The summed E-state index contributed by atoms with van der Waals surface area (Å²) in [4.78, 5) is 34.4. The van der Waals surface area contributed by atoms with Gasteiger partial charge in [-0.2, -0.15) is 0 Å². The van der Waals surface area contributed by atoms with Crippen molar-refractivity contribution >= 4 is 23.6 Å². The average molecular weight is 304 g/mol. The quantitative estimate of drug-likeness (QED) is 0.661. The number of anilines is 1. The number of carbonyl (C=O) groups is 3. The first-order valence-electron chi connectivity index (χ1n) is 6.77. The highest BCUT2D eigenvalue weighted by Gasteiger charge is 2.11. The Morgan fingerprint density at radius 2 is 1.86 bits per heavy atom. The van der Waals surface area contributed by atoms with Crippen LogP contribution in [0.2, 0.25) is 0 Å². The van der Waals surface area contributed by atoms with E-state index in [-0.39, 0.29) is 0 Å². The molecule has 0 aliphatic rings. The Balaban J connectivity index is 2.46. The summed E-state index contributed by atoms with van der Waals surface area (Å²) in [6.07, 6.45) is 1.27. The number of amides is 3. The Bertz CT molecular complexity index is 617. The van der Waals surface area contributed by atoms with E-state index in [0.717, 1.165) is 16.7 Å². The van der Waals surface area contributed by atoms with Gasteiger partial charge in [0, 0.05) is 11.8 Å². The molecular formula is C16H20N2O4. The van der Waals surface area contributed by atoms with Crippen molar-refractivity contribution in [2.75, 3.05) is 11.9 Å². The monoisotopic (exact) mass is 304 g/mol. The zero-order chi connectivity index (χ0) is 16.7. The van der Waals surface area contributed by atoms with Crippen LogP contribution in [0, 0.1) is 13.8 Å². The molecule has 118 valence electrons. The number of carbonyl (C=O) groups excluding carboxylic acids is 3. The number of rotatable bonds is 4. The summed E-state index contributed by atoms with van der Waals surface area (Å²) >= 11 is 0. The lowest BCUT2D eigenvalue weighted by atomic mass is 10.1. The first-order chi connectivity index (χ1) is 10.3. The van der Waals surface area contributed by atoms with Crippen molar-refractivity contribution in [2.45, 2.75) is 27.7 Å². The zero-order valence-corrected chi connectivity index (χ0v) is 13.1. The number of esters is 1. The molecule has 0 spiro atoms. The van der Waals surface area contributed by atoms with Crippen molar-refractivity contribution in [1.82, 2.24) is 5.32 Å². The lowest BCUT2D eigenvalue weighted by Crippen LogP contribution is -2.37. The number of imide groups is 1. The molecule has 0 saturated heterocycles. The predicted molar refractivity (Wildman–Crippen MR) is 83.5 cm³/mol. The maximum Gasteiger partial charge on any atom is 0.331 e. The number of benzene rings is 1. The number of allylic oxidation sites excluding steroid dienone is 1. The van der Waals surface area contributed by atoms with Gasteiger partial charge in [0.05, 0.1) is 0 Å². The van der Waals surface area contributed by atoms with Gasteiger partial charge in [0.2, 0.25) is 0 Å². The molecule has 1 aromatic rings. The normalized spacial score (nSPS) is 9.64. The number of hydrogen-bond donors (Lipinski definition) is 2. The minimum Gasteiger partial charge on any atom is -0.452 e. The predicted octanol–water partition coefficient (Wildman–Crippen LogP) is 2.46. The molecule has 6 heteroatoms. The fourth-order valence-electron chi connectivity index (χ4n) is 1.68. The molecule has 0 saturated carbocycles. The maximum atomic E-state index is 11.7. The Morgan fingerprint density at radius 3 is 2.45 bits per heavy atom. The molecule has 0 aromatic heterocycles. The lowest BCUT2D eigenvalue weighted by molar-refractivity contribution is -0.143. The Kier molecular flexibility index (Phi) is 6.31. The smallest absolute Gasteiger partial charge is 0.331 e. The van der Waals surface area contributed by atoms with E-state index in [4.69, 9.17) is 4.74 Å². The highest BCUT2D eigenvalue weighted by Crippen LogP contribution is 2.15. The Labute approximate surface area is 129 Å². The van der Waals surface area contributed by atoms with Crippen molar-refractivity contribution in [3.63, 3.8) is 0 Å². The lowest BCUT2D eigenvalue weighted by Gasteiger charge is -2.09. The van der Waals surface area contributed by atoms with Crippen molar-refractivity contribution in [1.29, 1.82) is 0 Å². The van der Waals surface area contributed by atoms with Crippen LogP contribution < -0.4 is 10.6 Å². The SMILES string of the molecule is CC(C)=CC(=O)OCC(=O)NC(=O)Nc1ccc(C)cc1C. The molecule has 2 N–H and O–H groups in total. The zero-order valence-electron chi connectivity index (χ0n) is 13.1.